The van der Waals surface area contributed by atoms with E-state index in [9.17, 15) is 22.8 Å². The fourth-order valence-corrected chi connectivity index (χ4v) is 6.73. The number of nitrogens with zero attached hydrogens (tertiary/aromatic N) is 4. The summed E-state index contributed by atoms with van der Waals surface area (Å²) < 4.78 is 42.2. The van der Waals surface area contributed by atoms with Crippen LogP contribution in [-0.4, -0.2) is 58.7 Å². The molecule has 0 unspecified atom stereocenters. The number of rotatable bonds is 6. The number of hydrogen-bond acceptors (Lipinski definition) is 4. The third-order valence-electron chi connectivity index (χ3n) is 8.96. The largest absolute Gasteiger partial charge is 0.416 e. The summed E-state index contributed by atoms with van der Waals surface area (Å²) in [5.41, 5.74) is 3.32. The van der Waals surface area contributed by atoms with E-state index in [2.05, 4.69) is 14.9 Å². The van der Waals surface area contributed by atoms with Crippen LogP contribution in [0.4, 0.5) is 18.9 Å². The molecule has 0 spiro atoms. The first-order valence-corrected chi connectivity index (χ1v) is 14.7. The van der Waals surface area contributed by atoms with Crippen LogP contribution in [0.3, 0.4) is 0 Å². The molecule has 1 aromatic heterocycles. The number of hydrogen-bond donors (Lipinski definition) is 1. The lowest BCUT2D eigenvalue weighted by molar-refractivity contribution is -0.138. The molecule has 2 amide bonds. The first kappa shape index (κ1) is 28.5. The van der Waals surface area contributed by atoms with Crippen molar-refractivity contribution in [2.24, 2.45) is 5.92 Å². The van der Waals surface area contributed by atoms with E-state index in [0.717, 1.165) is 89.1 Å². The van der Waals surface area contributed by atoms with Gasteiger partial charge in [-0.3, -0.25) is 14.3 Å². The molecule has 1 N–H and O–H groups in total. The molecule has 2 aliphatic heterocycles. The Morgan fingerprint density at radius 2 is 1.73 bits per heavy atom. The van der Waals surface area contributed by atoms with Gasteiger partial charge in [0.25, 0.3) is 5.91 Å². The summed E-state index contributed by atoms with van der Waals surface area (Å²) in [5.74, 6) is 0.440. The smallest absolute Gasteiger partial charge is 0.371 e. The zero-order chi connectivity index (χ0) is 28.4. The highest BCUT2D eigenvalue weighted by molar-refractivity contribution is 5.94. The Hall–Kier alpha value is -3.04. The molecule has 2 aromatic rings. The second kappa shape index (κ2) is 11.8. The molecule has 0 atom stereocenters. The third-order valence-corrected chi connectivity index (χ3v) is 8.96. The number of anilines is 1. The quantitative estimate of drug-likeness (QED) is 0.533. The zero-order valence-corrected chi connectivity index (χ0v) is 23.5. The fourth-order valence-electron chi connectivity index (χ4n) is 6.73. The van der Waals surface area contributed by atoms with Gasteiger partial charge >= 0.3 is 6.18 Å². The van der Waals surface area contributed by atoms with Gasteiger partial charge in [0, 0.05) is 62.6 Å². The average Bonchev–Trinajstić information content (AvgIpc) is 3.30. The number of halogens is 3. The van der Waals surface area contributed by atoms with Crippen molar-refractivity contribution in [3.8, 4) is 0 Å². The maximum Gasteiger partial charge on any atom is 0.416 e. The van der Waals surface area contributed by atoms with E-state index in [1.165, 1.54) is 18.7 Å². The lowest BCUT2D eigenvalue weighted by Crippen LogP contribution is -2.46. The van der Waals surface area contributed by atoms with Crippen molar-refractivity contribution in [2.75, 3.05) is 31.1 Å². The van der Waals surface area contributed by atoms with E-state index < -0.39 is 11.7 Å². The normalized spacial score (nSPS) is 19.0. The van der Waals surface area contributed by atoms with Crippen LogP contribution in [-0.2, 0) is 30.4 Å². The molecule has 1 aliphatic carbocycles. The van der Waals surface area contributed by atoms with Gasteiger partial charge in [0.05, 0.1) is 5.56 Å². The second-order valence-electron chi connectivity index (χ2n) is 11.6. The highest BCUT2D eigenvalue weighted by Gasteiger charge is 2.34. The molecule has 7 nitrogen and oxygen atoms in total. The number of nitrogens with one attached hydrogen (secondary N) is 1. The number of aromatic nitrogens is 2. The van der Waals surface area contributed by atoms with Crippen LogP contribution in [0.1, 0.15) is 84.7 Å². The van der Waals surface area contributed by atoms with E-state index in [0.29, 0.717) is 36.0 Å². The first-order valence-electron chi connectivity index (χ1n) is 14.7. The SMILES string of the molecule is CC(=O)NC1CCN(C(=O)c2nn(CCC3CCN(c4cccc(C(F)(F)F)c4C)CC3)c3c2CCCC3)CC1. The molecule has 3 heterocycles. The third kappa shape index (κ3) is 6.15. The minimum absolute atomic E-state index is 0.00272. The van der Waals surface area contributed by atoms with Gasteiger partial charge in [-0.15, -0.1) is 0 Å². The summed E-state index contributed by atoms with van der Waals surface area (Å²) in [6.45, 7) is 6.56. The number of fused-ring (bicyclic) bond motifs is 1. The lowest BCUT2D eigenvalue weighted by atomic mass is 9.92. The molecule has 0 bridgehead atoms. The Bertz CT molecular complexity index is 1220. The second-order valence-corrected chi connectivity index (χ2v) is 11.6. The predicted molar refractivity (Wildman–Crippen MR) is 147 cm³/mol. The molecule has 218 valence electrons. The number of carbonyl (C=O) groups is 2. The Morgan fingerprint density at radius 3 is 2.40 bits per heavy atom. The topological polar surface area (TPSA) is 70.5 Å². The van der Waals surface area contributed by atoms with Crippen molar-refractivity contribution in [1.82, 2.24) is 20.0 Å². The van der Waals surface area contributed by atoms with Gasteiger partial charge in [0.15, 0.2) is 5.69 Å². The summed E-state index contributed by atoms with van der Waals surface area (Å²) in [4.78, 5) is 28.8. The van der Waals surface area contributed by atoms with E-state index in [1.54, 1.807) is 13.0 Å². The Morgan fingerprint density at radius 1 is 1.02 bits per heavy atom. The molecule has 0 radical (unpaired) electrons. The average molecular weight is 560 g/mol. The summed E-state index contributed by atoms with van der Waals surface area (Å²) >= 11 is 0. The van der Waals surface area contributed by atoms with Gasteiger partial charge in [0.2, 0.25) is 5.91 Å². The van der Waals surface area contributed by atoms with Gasteiger partial charge in [-0.2, -0.15) is 18.3 Å². The maximum absolute atomic E-state index is 13.5. The molecule has 40 heavy (non-hydrogen) atoms. The maximum atomic E-state index is 13.5. The lowest BCUT2D eigenvalue weighted by Gasteiger charge is -2.35. The number of likely N-dealkylation sites (tertiary alicyclic amines) is 1. The molecule has 5 rings (SSSR count). The Balaban J connectivity index is 1.20. The van der Waals surface area contributed by atoms with Crippen LogP contribution in [0.5, 0.6) is 0 Å². The first-order chi connectivity index (χ1) is 19.1. The van der Waals surface area contributed by atoms with Crippen molar-refractivity contribution in [3.63, 3.8) is 0 Å². The van der Waals surface area contributed by atoms with Gasteiger partial charge in [-0.05, 0) is 88.3 Å². The van der Waals surface area contributed by atoms with Crippen LogP contribution in [0.25, 0.3) is 0 Å². The van der Waals surface area contributed by atoms with E-state index in [-0.39, 0.29) is 17.9 Å². The van der Waals surface area contributed by atoms with Crippen LogP contribution in [0.15, 0.2) is 18.2 Å². The van der Waals surface area contributed by atoms with E-state index >= 15 is 0 Å². The van der Waals surface area contributed by atoms with Crippen LogP contribution < -0.4 is 10.2 Å². The number of carbonyl (C=O) groups excluding carboxylic acids is 2. The fraction of sp³-hybridized carbons (Fsp3) is 0.633. The highest BCUT2D eigenvalue weighted by atomic mass is 19.4. The summed E-state index contributed by atoms with van der Waals surface area (Å²) in [5, 5.41) is 7.83. The molecular formula is C30H40F3N5O2. The summed E-state index contributed by atoms with van der Waals surface area (Å²) in [6.07, 6.45) is 3.95. The van der Waals surface area contributed by atoms with Crippen molar-refractivity contribution >= 4 is 17.5 Å². The summed E-state index contributed by atoms with van der Waals surface area (Å²) in [6, 6.07) is 4.57. The minimum atomic E-state index is -4.34. The number of amides is 2. The molecule has 2 fully saturated rings. The van der Waals surface area contributed by atoms with Crippen molar-refractivity contribution < 1.29 is 22.8 Å². The van der Waals surface area contributed by atoms with E-state index in [1.807, 2.05) is 4.90 Å². The van der Waals surface area contributed by atoms with Crippen molar-refractivity contribution in [3.05, 3.63) is 46.3 Å². The Kier molecular flexibility index (Phi) is 8.42. The molecular weight excluding hydrogens is 519 g/mol. The number of alkyl halides is 3. The molecule has 0 saturated carbocycles. The molecule has 2 saturated heterocycles. The molecule has 10 heteroatoms. The number of aryl methyl sites for hydroxylation is 1. The van der Waals surface area contributed by atoms with Crippen molar-refractivity contribution in [1.29, 1.82) is 0 Å². The van der Waals surface area contributed by atoms with Gasteiger partial charge in [-0.1, -0.05) is 6.07 Å². The standard InChI is InChI=1S/C30H40F3N5O2/c1-20-25(30(31,32)33)7-5-9-26(20)36-15-10-22(11-16-36)12-19-38-27-8-4-3-6-24(27)28(35-38)29(40)37-17-13-23(14-18-37)34-21(2)39/h5,7,9,22-23H,3-4,6,8,10-19H2,1-2H3,(H,34,39). The number of piperidine rings is 2. The predicted octanol–water partition coefficient (Wildman–Crippen LogP) is 5.14. The number of benzene rings is 1. The Labute approximate surface area is 234 Å². The van der Waals surface area contributed by atoms with Crippen LogP contribution >= 0.6 is 0 Å². The van der Waals surface area contributed by atoms with Gasteiger partial charge in [0.1, 0.15) is 0 Å². The minimum Gasteiger partial charge on any atom is -0.371 e. The van der Waals surface area contributed by atoms with E-state index in [4.69, 9.17) is 5.10 Å². The zero-order valence-electron chi connectivity index (χ0n) is 23.5. The van der Waals surface area contributed by atoms with Crippen molar-refractivity contribution in [2.45, 2.75) is 90.4 Å². The monoisotopic (exact) mass is 559 g/mol. The molecule has 1 aromatic carbocycles. The highest BCUT2D eigenvalue weighted by Crippen LogP contribution is 2.37. The van der Waals surface area contributed by atoms with Gasteiger partial charge in [-0.25, -0.2) is 0 Å². The summed E-state index contributed by atoms with van der Waals surface area (Å²) in [7, 11) is 0. The molecule has 3 aliphatic rings. The van der Waals surface area contributed by atoms with Gasteiger partial charge < -0.3 is 15.1 Å². The van der Waals surface area contributed by atoms with Crippen LogP contribution in [0, 0.1) is 12.8 Å². The van der Waals surface area contributed by atoms with Crippen LogP contribution in [0.2, 0.25) is 0 Å².